The molecule has 2 saturated carbocycles. The summed E-state index contributed by atoms with van der Waals surface area (Å²) < 4.78 is 0. The van der Waals surface area contributed by atoms with Crippen LogP contribution in [0.25, 0.3) is 0 Å². The summed E-state index contributed by atoms with van der Waals surface area (Å²) in [7, 11) is 0. The number of nitrogens with two attached hydrogens (primary N) is 1. The van der Waals surface area contributed by atoms with E-state index in [4.69, 9.17) is 5.73 Å². The van der Waals surface area contributed by atoms with Crippen LogP contribution < -0.4 is 5.73 Å². The van der Waals surface area contributed by atoms with E-state index in [9.17, 15) is 9.59 Å². The quantitative estimate of drug-likeness (QED) is 0.889. The van der Waals surface area contributed by atoms with Crippen molar-refractivity contribution in [3.05, 3.63) is 23.8 Å². The molecule has 2 N–H and O–H groups in total. The van der Waals surface area contributed by atoms with Gasteiger partial charge in [0.2, 0.25) is 0 Å². The molecular weight excluding hydrogens is 280 g/mol. The van der Waals surface area contributed by atoms with E-state index < -0.39 is 5.91 Å². The van der Waals surface area contributed by atoms with Gasteiger partial charge in [-0.15, -0.1) is 0 Å². The Morgan fingerprint density at radius 1 is 0.955 bits per heavy atom. The van der Waals surface area contributed by atoms with Crippen LogP contribution >= 0.6 is 0 Å². The third-order valence-electron chi connectivity index (χ3n) is 5.49. The normalized spacial score (nSPS) is 32.8. The number of nitrogens with zero attached hydrogens (tertiary/aromatic N) is 3. The van der Waals surface area contributed by atoms with Gasteiger partial charge in [0.1, 0.15) is 11.4 Å². The third-order valence-corrected chi connectivity index (χ3v) is 5.49. The second-order valence-electron chi connectivity index (χ2n) is 7.04. The Bertz CT molecular complexity index is 601. The SMILES string of the molecule is NC(=O)c1cnc(C(=O)N2CC3CC4CC(C3)CC2C4)cn1. The zero-order valence-electron chi connectivity index (χ0n) is 12.4. The van der Waals surface area contributed by atoms with Gasteiger partial charge in [-0.2, -0.15) is 0 Å². The van der Waals surface area contributed by atoms with Crippen LogP contribution in [0.15, 0.2) is 12.4 Å². The van der Waals surface area contributed by atoms with E-state index in [1.54, 1.807) is 0 Å². The van der Waals surface area contributed by atoms with Gasteiger partial charge in [0.05, 0.1) is 12.4 Å². The molecule has 6 heteroatoms. The van der Waals surface area contributed by atoms with Crippen LogP contribution in [-0.2, 0) is 0 Å². The molecule has 4 fully saturated rings. The van der Waals surface area contributed by atoms with Crippen LogP contribution in [0.1, 0.15) is 53.1 Å². The van der Waals surface area contributed by atoms with Crippen molar-refractivity contribution in [3.8, 4) is 0 Å². The van der Waals surface area contributed by atoms with Gasteiger partial charge in [0.25, 0.3) is 11.8 Å². The molecule has 0 radical (unpaired) electrons. The van der Waals surface area contributed by atoms with Crippen molar-refractivity contribution in [2.75, 3.05) is 6.54 Å². The molecule has 2 aliphatic heterocycles. The molecule has 22 heavy (non-hydrogen) atoms. The Balaban J connectivity index is 1.58. The lowest BCUT2D eigenvalue weighted by Gasteiger charge is -2.38. The number of hydrogen-bond acceptors (Lipinski definition) is 4. The molecule has 2 amide bonds. The molecule has 2 saturated heterocycles. The monoisotopic (exact) mass is 300 g/mol. The lowest BCUT2D eigenvalue weighted by Crippen LogP contribution is -2.42. The van der Waals surface area contributed by atoms with E-state index in [0.717, 1.165) is 31.2 Å². The molecule has 2 atom stereocenters. The fourth-order valence-electron chi connectivity index (χ4n) is 4.75. The predicted octanol–water partition coefficient (Wildman–Crippen LogP) is 1.23. The van der Waals surface area contributed by atoms with Crippen LogP contribution in [0, 0.1) is 17.8 Å². The number of aromatic nitrogens is 2. The van der Waals surface area contributed by atoms with Crippen LogP contribution in [0.2, 0.25) is 0 Å². The molecule has 0 spiro atoms. The molecule has 4 aliphatic rings. The minimum atomic E-state index is -0.628. The van der Waals surface area contributed by atoms with Crippen molar-refractivity contribution in [3.63, 3.8) is 0 Å². The summed E-state index contributed by atoms with van der Waals surface area (Å²) >= 11 is 0. The molecule has 5 rings (SSSR count). The molecule has 1 aromatic rings. The molecule has 3 heterocycles. The predicted molar refractivity (Wildman–Crippen MR) is 78.9 cm³/mol. The van der Waals surface area contributed by atoms with E-state index in [1.165, 1.54) is 31.7 Å². The molecule has 116 valence electrons. The van der Waals surface area contributed by atoms with Gasteiger partial charge in [-0.1, -0.05) is 0 Å². The first kappa shape index (κ1) is 13.7. The van der Waals surface area contributed by atoms with Crippen molar-refractivity contribution in [1.29, 1.82) is 0 Å². The molecule has 2 unspecified atom stereocenters. The van der Waals surface area contributed by atoms with E-state index in [0.29, 0.717) is 17.7 Å². The maximum absolute atomic E-state index is 12.8. The number of amides is 2. The lowest BCUT2D eigenvalue weighted by atomic mass is 9.68. The number of carbonyl (C=O) groups is 2. The van der Waals surface area contributed by atoms with E-state index >= 15 is 0 Å². The van der Waals surface area contributed by atoms with Crippen molar-refractivity contribution in [1.82, 2.24) is 14.9 Å². The van der Waals surface area contributed by atoms with E-state index in [2.05, 4.69) is 9.97 Å². The van der Waals surface area contributed by atoms with Gasteiger partial charge >= 0.3 is 0 Å². The fraction of sp³-hybridized carbons (Fsp3) is 0.625. The van der Waals surface area contributed by atoms with Gasteiger partial charge in [-0.05, 0) is 49.9 Å². The van der Waals surface area contributed by atoms with E-state index in [1.807, 2.05) is 4.90 Å². The molecular formula is C16H20N4O2. The summed E-state index contributed by atoms with van der Waals surface area (Å²) in [6, 6.07) is 0.348. The number of rotatable bonds is 2. The van der Waals surface area contributed by atoms with E-state index in [-0.39, 0.29) is 11.6 Å². The molecule has 2 aliphatic carbocycles. The average Bonchev–Trinajstić information content (AvgIpc) is 2.70. The Morgan fingerprint density at radius 2 is 1.55 bits per heavy atom. The van der Waals surface area contributed by atoms with Crippen LogP contribution in [0.5, 0.6) is 0 Å². The van der Waals surface area contributed by atoms with Gasteiger partial charge in [-0.25, -0.2) is 9.97 Å². The summed E-state index contributed by atoms with van der Waals surface area (Å²) in [6.45, 7) is 0.843. The highest BCUT2D eigenvalue weighted by molar-refractivity contribution is 5.94. The Labute approximate surface area is 129 Å². The Hall–Kier alpha value is -1.98. The zero-order valence-corrected chi connectivity index (χ0v) is 12.4. The standard InChI is InChI=1S/C16H20N4O2/c17-15(21)13-6-19-14(7-18-13)16(22)20-8-11-2-9-1-10(3-11)5-12(20)4-9/h6-7,9-12H,1-5,8H2,(H2,17,21). The fourth-order valence-corrected chi connectivity index (χ4v) is 4.75. The minimum absolute atomic E-state index is 0.0540. The molecule has 0 aromatic carbocycles. The number of primary amides is 1. The van der Waals surface area contributed by atoms with Crippen molar-refractivity contribution < 1.29 is 9.59 Å². The summed E-state index contributed by atoms with van der Waals surface area (Å²) in [6.07, 6.45) is 8.81. The van der Waals surface area contributed by atoms with Gasteiger partial charge < -0.3 is 10.6 Å². The summed E-state index contributed by atoms with van der Waals surface area (Å²) in [5, 5.41) is 0. The average molecular weight is 300 g/mol. The lowest BCUT2D eigenvalue weighted by molar-refractivity contribution is 0.0625. The first-order valence-corrected chi connectivity index (χ1v) is 8.03. The number of fused-ring (bicyclic) bond motifs is 1. The molecule has 4 bridgehead atoms. The Morgan fingerprint density at radius 3 is 2.14 bits per heavy atom. The van der Waals surface area contributed by atoms with Crippen LogP contribution in [0.3, 0.4) is 0 Å². The molecule has 6 nitrogen and oxygen atoms in total. The summed E-state index contributed by atoms with van der Waals surface area (Å²) in [5.41, 5.74) is 5.56. The smallest absolute Gasteiger partial charge is 0.274 e. The highest BCUT2D eigenvalue weighted by atomic mass is 16.2. The maximum Gasteiger partial charge on any atom is 0.274 e. The minimum Gasteiger partial charge on any atom is -0.364 e. The second kappa shape index (κ2) is 5.04. The first-order valence-electron chi connectivity index (χ1n) is 8.03. The second-order valence-corrected chi connectivity index (χ2v) is 7.04. The van der Waals surface area contributed by atoms with Gasteiger partial charge in [0.15, 0.2) is 0 Å². The van der Waals surface area contributed by atoms with Crippen molar-refractivity contribution >= 4 is 11.8 Å². The maximum atomic E-state index is 12.8. The van der Waals surface area contributed by atoms with Crippen LogP contribution in [-0.4, -0.2) is 39.3 Å². The highest BCUT2D eigenvalue weighted by Crippen LogP contribution is 2.47. The largest absolute Gasteiger partial charge is 0.364 e. The third kappa shape index (κ3) is 2.26. The summed E-state index contributed by atoms with van der Waals surface area (Å²) in [5.74, 6) is 1.55. The number of hydrogen-bond donors (Lipinski definition) is 1. The first-order chi connectivity index (χ1) is 10.6. The highest BCUT2D eigenvalue weighted by Gasteiger charge is 2.44. The van der Waals surface area contributed by atoms with Crippen molar-refractivity contribution in [2.45, 2.75) is 38.1 Å². The topological polar surface area (TPSA) is 89.2 Å². The van der Waals surface area contributed by atoms with Gasteiger partial charge in [-0.3, -0.25) is 9.59 Å². The summed E-state index contributed by atoms with van der Waals surface area (Å²) in [4.78, 5) is 33.9. The zero-order chi connectivity index (χ0) is 15.3. The van der Waals surface area contributed by atoms with Gasteiger partial charge in [0, 0.05) is 12.6 Å². The Kier molecular flexibility index (Phi) is 3.13. The molecule has 1 aromatic heterocycles. The number of carbonyl (C=O) groups excluding carboxylic acids is 2. The van der Waals surface area contributed by atoms with Crippen LogP contribution in [0.4, 0.5) is 0 Å². The van der Waals surface area contributed by atoms with Crippen molar-refractivity contribution in [2.24, 2.45) is 23.5 Å².